The first-order valence-electron chi connectivity index (χ1n) is 4.35. The molecule has 0 unspecified atom stereocenters. The van der Waals surface area contributed by atoms with E-state index < -0.39 is 0 Å². The quantitative estimate of drug-likeness (QED) is 0.695. The van der Waals surface area contributed by atoms with Gasteiger partial charge >= 0.3 is 0 Å². The van der Waals surface area contributed by atoms with E-state index in [1.807, 2.05) is 0 Å². The minimum Gasteiger partial charge on any atom is -0.384 e. The van der Waals surface area contributed by atoms with Gasteiger partial charge < -0.3 is 5.73 Å². The molecule has 2 heterocycles. The summed E-state index contributed by atoms with van der Waals surface area (Å²) < 4.78 is 0. The number of Topliss-reactive ketones (excluding diaryl/α,β-unsaturated/α-hetero) is 1. The van der Waals surface area contributed by atoms with Crippen LogP contribution in [0.4, 0.5) is 5.82 Å². The number of aromatic amines is 1. The van der Waals surface area contributed by atoms with Crippen LogP contribution < -0.4 is 5.73 Å². The van der Waals surface area contributed by atoms with Crippen LogP contribution in [0.15, 0.2) is 24.5 Å². The number of hydrogen-bond acceptors (Lipinski definition) is 5. The molecule has 0 saturated heterocycles. The van der Waals surface area contributed by atoms with Gasteiger partial charge in [-0.25, -0.2) is 4.98 Å². The number of ketones is 1. The molecule has 0 atom stereocenters. The first kappa shape index (κ1) is 9.32. The molecule has 6 nitrogen and oxygen atoms in total. The summed E-state index contributed by atoms with van der Waals surface area (Å²) in [5, 5.41) is 9.66. The molecule has 15 heavy (non-hydrogen) atoms. The summed E-state index contributed by atoms with van der Waals surface area (Å²) >= 11 is 0. The maximum Gasteiger partial charge on any atom is 0.189 e. The number of aromatic nitrogens is 4. The van der Waals surface area contributed by atoms with Crippen LogP contribution in [0.2, 0.25) is 0 Å². The Labute approximate surface area is 85.5 Å². The van der Waals surface area contributed by atoms with Gasteiger partial charge in [0.15, 0.2) is 5.78 Å². The van der Waals surface area contributed by atoms with Crippen molar-refractivity contribution in [3.8, 4) is 0 Å². The highest BCUT2D eigenvalue weighted by Crippen LogP contribution is 2.06. The fourth-order valence-electron chi connectivity index (χ4n) is 1.22. The fraction of sp³-hybridized carbons (Fsp3) is 0.111. The molecule has 3 N–H and O–H groups in total. The third-order valence-corrected chi connectivity index (χ3v) is 1.91. The number of nitrogens with two attached hydrogens (primary N) is 1. The van der Waals surface area contributed by atoms with E-state index in [2.05, 4.69) is 20.4 Å². The predicted octanol–water partition coefficient (Wildman–Crippen LogP) is 0.207. The number of carbonyl (C=O) groups excluding carboxylic acids is 1. The lowest BCUT2D eigenvalue weighted by atomic mass is 10.1. The van der Waals surface area contributed by atoms with Crippen molar-refractivity contribution in [3.05, 3.63) is 35.8 Å². The van der Waals surface area contributed by atoms with Crippen molar-refractivity contribution in [2.75, 3.05) is 5.73 Å². The predicted molar refractivity (Wildman–Crippen MR) is 53.1 cm³/mol. The number of carbonyl (C=O) groups is 1. The Hall–Kier alpha value is -2.24. The van der Waals surface area contributed by atoms with Crippen molar-refractivity contribution < 1.29 is 4.79 Å². The molecular formula is C9H9N5O. The summed E-state index contributed by atoms with van der Waals surface area (Å²) in [6.45, 7) is 0. The molecule has 2 rings (SSSR count). The van der Waals surface area contributed by atoms with Gasteiger partial charge in [0.25, 0.3) is 0 Å². The number of H-pyrrole nitrogens is 1. The van der Waals surface area contributed by atoms with Gasteiger partial charge in [0.05, 0.1) is 6.20 Å². The zero-order chi connectivity index (χ0) is 10.7. The lowest BCUT2D eigenvalue weighted by molar-refractivity contribution is 0.0988. The Kier molecular flexibility index (Phi) is 2.40. The molecule has 0 aliphatic rings. The fourth-order valence-corrected chi connectivity index (χ4v) is 1.22. The zero-order valence-electron chi connectivity index (χ0n) is 7.84. The molecule has 2 aromatic heterocycles. The zero-order valence-corrected chi connectivity index (χ0v) is 7.84. The Morgan fingerprint density at radius 1 is 1.53 bits per heavy atom. The van der Waals surface area contributed by atoms with Crippen LogP contribution in [0, 0.1) is 0 Å². The summed E-state index contributed by atoms with van der Waals surface area (Å²) in [5.74, 6) is 0.301. The minimum absolute atomic E-state index is 0.102. The summed E-state index contributed by atoms with van der Waals surface area (Å²) in [5.41, 5.74) is 6.64. The Morgan fingerprint density at radius 3 is 3.07 bits per heavy atom. The highest BCUT2D eigenvalue weighted by atomic mass is 16.1. The van der Waals surface area contributed by atoms with Gasteiger partial charge in [-0.1, -0.05) is 0 Å². The van der Waals surface area contributed by atoms with Gasteiger partial charge in [-0.3, -0.25) is 4.79 Å². The van der Waals surface area contributed by atoms with Crippen molar-refractivity contribution in [2.45, 2.75) is 6.42 Å². The number of hydrogen-bond donors (Lipinski definition) is 2. The van der Waals surface area contributed by atoms with Crippen LogP contribution in [0.5, 0.6) is 0 Å². The maximum atomic E-state index is 11.6. The van der Waals surface area contributed by atoms with Crippen LogP contribution in [0.3, 0.4) is 0 Å². The average molecular weight is 203 g/mol. The topological polar surface area (TPSA) is 97.6 Å². The van der Waals surface area contributed by atoms with E-state index in [-0.39, 0.29) is 12.2 Å². The van der Waals surface area contributed by atoms with Crippen LogP contribution >= 0.6 is 0 Å². The molecule has 0 fully saturated rings. The first-order chi connectivity index (χ1) is 7.25. The minimum atomic E-state index is -0.102. The van der Waals surface area contributed by atoms with E-state index in [0.29, 0.717) is 11.5 Å². The Bertz CT molecular complexity index is 465. The van der Waals surface area contributed by atoms with Gasteiger partial charge in [0.2, 0.25) is 0 Å². The molecule has 76 valence electrons. The molecule has 0 saturated carbocycles. The molecule has 0 spiro atoms. The number of nitrogens with one attached hydrogen (secondary N) is 1. The van der Waals surface area contributed by atoms with Gasteiger partial charge in [-0.2, -0.15) is 15.4 Å². The molecular weight excluding hydrogens is 194 g/mol. The van der Waals surface area contributed by atoms with Gasteiger partial charge in [-0.05, 0) is 17.7 Å². The monoisotopic (exact) mass is 203 g/mol. The standard InChI is InChI=1S/C9H9N5O/c10-9-4-6(1-2-11-9)3-8(15)7-5-12-14-13-7/h1-2,4-5H,3H2,(H2,10,11)(H,12,13,14). The van der Waals surface area contributed by atoms with E-state index >= 15 is 0 Å². The summed E-state index contributed by atoms with van der Waals surface area (Å²) in [7, 11) is 0. The molecule has 0 bridgehead atoms. The van der Waals surface area contributed by atoms with Crippen LogP contribution in [-0.2, 0) is 6.42 Å². The van der Waals surface area contributed by atoms with E-state index in [1.165, 1.54) is 6.20 Å². The Balaban J connectivity index is 2.13. The van der Waals surface area contributed by atoms with E-state index in [0.717, 1.165) is 5.56 Å². The first-order valence-corrected chi connectivity index (χ1v) is 4.35. The number of rotatable bonds is 3. The lowest BCUT2D eigenvalue weighted by Crippen LogP contribution is -2.04. The van der Waals surface area contributed by atoms with Crippen molar-refractivity contribution in [3.63, 3.8) is 0 Å². The molecule has 0 amide bonds. The molecule has 0 radical (unpaired) electrons. The third kappa shape index (κ3) is 2.16. The molecule has 6 heteroatoms. The van der Waals surface area contributed by atoms with E-state index in [1.54, 1.807) is 18.3 Å². The normalized spacial score (nSPS) is 10.1. The second-order valence-corrected chi connectivity index (χ2v) is 3.04. The van der Waals surface area contributed by atoms with Crippen molar-refractivity contribution in [1.82, 2.24) is 20.4 Å². The number of anilines is 1. The second-order valence-electron chi connectivity index (χ2n) is 3.04. The number of nitrogen functional groups attached to an aromatic ring is 1. The van der Waals surface area contributed by atoms with Gasteiger partial charge in [0.1, 0.15) is 11.5 Å². The maximum absolute atomic E-state index is 11.6. The number of nitrogens with zero attached hydrogens (tertiary/aromatic N) is 3. The highest BCUT2D eigenvalue weighted by molar-refractivity contribution is 5.95. The van der Waals surface area contributed by atoms with Crippen molar-refractivity contribution in [2.24, 2.45) is 0 Å². The lowest BCUT2D eigenvalue weighted by Gasteiger charge is -1.98. The number of pyridine rings is 1. The molecule has 2 aromatic rings. The SMILES string of the molecule is Nc1cc(CC(=O)c2cn[nH]n2)ccn1. The van der Waals surface area contributed by atoms with Crippen molar-refractivity contribution >= 4 is 11.6 Å². The molecule has 0 aliphatic heterocycles. The van der Waals surface area contributed by atoms with Crippen LogP contribution in [0.25, 0.3) is 0 Å². The smallest absolute Gasteiger partial charge is 0.189 e. The molecule has 0 aliphatic carbocycles. The van der Waals surface area contributed by atoms with E-state index in [9.17, 15) is 4.79 Å². The molecule has 0 aromatic carbocycles. The van der Waals surface area contributed by atoms with Gasteiger partial charge in [-0.15, -0.1) is 0 Å². The third-order valence-electron chi connectivity index (χ3n) is 1.91. The van der Waals surface area contributed by atoms with Crippen LogP contribution in [0.1, 0.15) is 16.1 Å². The Morgan fingerprint density at radius 2 is 2.40 bits per heavy atom. The summed E-state index contributed by atoms with van der Waals surface area (Å²) in [4.78, 5) is 15.4. The van der Waals surface area contributed by atoms with Gasteiger partial charge in [0, 0.05) is 12.6 Å². The van der Waals surface area contributed by atoms with E-state index in [4.69, 9.17) is 5.73 Å². The second kappa shape index (κ2) is 3.87. The summed E-state index contributed by atoms with van der Waals surface area (Å²) in [6.07, 6.45) is 3.22. The van der Waals surface area contributed by atoms with Crippen molar-refractivity contribution in [1.29, 1.82) is 0 Å². The largest absolute Gasteiger partial charge is 0.384 e. The average Bonchev–Trinajstić information content (AvgIpc) is 2.70. The van der Waals surface area contributed by atoms with Crippen LogP contribution in [-0.4, -0.2) is 26.2 Å². The summed E-state index contributed by atoms with van der Waals surface area (Å²) in [6, 6.07) is 3.41. The highest BCUT2D eigenvalue weighted by Gasteiger charge is 2.09.